The molecule has 29 heavy (non-hydrogen) atoms. The van der Waals surface area contributed by atoms with Crippen LogP contribution in [-0.4, -0.2) is 36.7 Å². The molecule has 0 aliphatic carbocycles. The molecule has 1 heterocycles. The molecule has 0 bridgehead atoms. The maximum absolute atomic E-state index is 13.0. The average molecular weight is 402 g/mol. The van der Waals surface area contributed by atoms with Crippen molar-refractivity contribution in [2.45, 2.75) is 18.9 Å². The van der Waals surface area contributed by atoms with E-state index in [1.807, 2.05) is 0 Å². The molecule has 1 aliphatic rings. The van der Waals surface area contributed by atoms with Crippen molar-refractivity contribution in [3.8, 4) is 17.2 Å². The standard InChI is InChI=1S/C20H19FN2O6/c1-2-27-12-11-20(17(24)22-19(26)23-18(20)25)29-16-9-7-15(8-10-16)28-14-5-3-13(21)4-6-14/h3-10H,2,11-12H2,1H3,(H2,22,23,24,25,26). The van der Waals surface area contributed by atoms with Gasteiger partial charge in [-0.25, -0.2) is 9.18 Å². The second-order valence-corrected chi connectivity index (χ2v) is 6.14. The number of amides is 4. The summed E-state index contributed by atoms with van der Waals surface area (Å²) in [5.41, 5.74) is -1.94. The van der Waals surface area contributed by atoms with Crippen LogP contribution >= 0.6 is 0 Å². The molecule has 0 atom stereocenters. The van der Waals surface area contributed by atoms with Crippen LogP contribution in [0.5, 0.6) is 17.2 Å². The lowest BCUT2D eigenvalue weighted by molar-refractivity contribution is -0.153. The first-order valence-electron chi connectivity index (χ1n) is 8.90. The summed E-state index contributed by atoms with van der Waals surface area (Å²) >= 11 is 0. The quantitative estimate of drug-likeness (QED) is 0.520. The van der Waals surface area contributed by atoms with Crippen LogP contribution in [0.15, 0.2) is 48.5 Å². The molecule has 3 rings (SSSR count). The highest BCUT2D eigenvalue weighted by Gasteiger charge is 2.52. The summed E-state index contributed by atoms with van der Waals surface area (Å²) in [5, 5.41) is 4.10. The second kappa shape index (κ2) is 8.70. The Kier molecular flexibility index (Phi) is 6.08. The number of nitrogens with one attached hydrogen (secondary N) is 2. The topological polar surface area (TPSA) is 103 Å². The van der Waals surface area contributed by atoms with Crippen LogP contribution < -0.4 is 20.1 Å². The van der Waals surface area contributed by atoms with Crippen molar-refractivity contribution in [3.63, 3.8) is 0 Å². The van der Waals surface area contributed by atoms with Crippen molar-refractivity contribution in [1.29, 1.82) is 0 Å². The zero-order valence-corrected chi connectivity index (χ0v) is 15.6. The van der Waals surface area contributed by atoms with Gasteiger partial charge in [0.1, 0.15) is 23.1 Å². The monoisotopic (exact) mass is 402 g/mol. The second-order valence-electron chi connectivity index (χ2n) is 6.14. The van der Waals surface area contributed by atoms with Crippen LogP contribution in [0.25, 0.3) is 0 Å². The highest BCUT2D eigenvalue weighted by molar-refractivity contribution is 6.21. The minimum absolute atomic E-state index is 0.0806. The van der Waals surface area contributed by atoms with Crippen LogP contribution in [0.1, 0.15) is 13.3 Å². The summed E-state index contributed by atoms with van der Waals surface area (Å²) in [4.78, 5) is 36.3. The van der Waals surface area contributed by atoms with E-state index < -0.39 is 23.4 Å². The molecule has 9 heteroatoms. The van der Waals surface area contributed by atoms with Crippen molar-refractivity contribution in [2.24, 2.45) is 0 Å². The first kappa shape index (κ1) is 20.3. The number of ether oxygens (including phenoxy) is 3. The molecule has 8 nitrogen and oxygen atoms in total. The van der Waals surface area contributed by atoms with Crippen LogP contribution in [0.2, 0.25) is 0 Å². The van der Waals surface area contributed by atoms with E-state index in [2.05, 4.69) is 10.6 Å². The van der Waals surface area contributed by atoms with Crippen molar-refractivity contribution in [1.82, 2.24) is 10.6 Å². The number of halogens is 1. The average Bonchev–Trinajstić information content (AvgIpc) is 2.69. The smallest absolute Gasteiger partial charge is 0.328 e. The zero-order valence-electron chi connectivity index (χ0n) is 15.6. The number of benzene rings is 2. The molecule has 0 radical (unpaired) electrons. The van der Waals surface area contributed by atoms with Crippen molar-refractivity contribution in [3.05, 3.63) is 54.3 Å². The number of carbonyl (C=O) groups excluding carboxylic acids is 3. The summed E-state index contributed by atoms with van der Waals surface area (Å²) in [6.07, 6.45) is -0.0837. The molecule has 0 spiro atoms. The maximum atomic E-state index is 13.0. The van der Waals surface area contributed by atoms with E-state index >= 15 is 0 Å². The van der Waals surface area contributed by atoms with Crippen LogP contribution in [0.4, 0.5) is 9.18 Å². The molecule has 0 aromatic heterocycles. The van der Waals surface area contributed by atoms with Crippen LogP contribution in [0, 0.1) is 5.82 Å². The number of carbonyl (C=O) groups is 3. The maximum Gasteiger partial charge on any atom is 0.328 e. The van der Waals surface area contributed by atoms with E-state index in [0.29, 0.717) is 18.1 Å². The number of imide groups is 2. The first-order chi connectivity index (χ1) is 13.9. The Hall–Kier alpha value is -3.46. The Balaban J connectivity index is 1.76. The lowest BCUT2D eigenvalue weighted by atomic mass is 9.95. The molecule has 4 amide bonds. The number of hydrogen-bond acceptors (Lipinski definition) is 6. The van der Waals surface area contributed by atoms with Gasteiger partial charge in [0.05, 0.1) is 6.61 Å². The predicted molar refractivity (Wildman–Crippen MR) is 99.1 cm³/mol. The number of hydrogen-bond donors (Lipinski definition) is 2. The largest absolute Gasteiger partial charge is 0.467 e. The van der Waals surface area contributed by atoms with E-state index in [1.54, 1.807) is 19.1 Å². The summed E-state index contributed by atoms with van der Waals surface area (Å²) < 4.78 is 29.5. The van der Waals surface area contributed by atoms with Gasteiger partial charge in [-0.2, -0.15) is 0 Å². The van der Waals surface area contributed by atoms with Crippen molar-refractivity contribution in [2.75, 3.05) is 13.2 Å². The van der Waals surface area contributed by atoms with Crippen LogP contribution in [-0.2, 0) is 14.3 Å². The van der Waals surface area contributed by atoms with Gasteiger partial charge >= 0.3 is 6.03 Å². The molecular weight excluding hydrogens is 383 g/mol. The summed E-state index contributed by atoms with van der Waals surface area (Å²) in [7, 11) is 0. The highest BCUT2D eigenvalue weighted by Crippen LogP contribution is 2.28. The van der Waals surface area contributed by atoms with Gasteiger partial charge in [0.2, 0.25) is 0 Å². The third kappa shape index (κ3) is 4.69. The lowest BCUT2D eigenvalue weighted by Crippen LogP contribution is -2.69. The molecule has 2 N–H and O–H groups in total. The van der Waals surface area contributed by atoms with Crippen molar-refractivity contribution >= 4 is 17.8 Å². The Labute approximate surface area is 165 Å². The Morgan fingerprint density at radius 1 is 0.862 bits per heavy atom. The fourth-order valence-corrected chi connectivity index (χ4v) is 2.69. The van der Waals surface area contributed by atoms with Gasteiger partial charge in [0.15, 0.2) is 0 Å². The van der Waals surface area contributed by atoms with E-state index in [9.17, 15) is 18.8 Å². The summed E-state index contributed by atoms with van der Waals surface area (Å²) in [6, 6.07) is 10.8. The van der Waals surface area contributed by atoms with Gasteiger partial charge in [-0.1, -0.05) is 0 Å². The van der Waals surface area contributed by atoms with E-state index in [-0.39, 0.29) is 24.6 Å². The van der Waals surface area contributed by atoms with Gasteiger partial charge in [0, 0.05) is 13.0 Å². The molecule has 1 saturated heterocycles. The van der Waals surface area contributed by atoms with Crippen molar-refractivity contribution < 1.29 is 33.0 Å². The molecule has 0 unspecified atom stereocenters. The van der Waals surface area contributed by atoms with Gasteiger partial charge in [0.25, 0.3) is 17.4 Å². The molecule has 1 fully saturated rings. The lowest BCUT2D eigenvalue weighted by Gasteiger charge is -2.34. The van der Waals surface area contributed by atoms with E-state index in [4.69, 9.17) is 14.2 Å². The third-order valence-electron chi connectivity index (χ3n) is 4.16. The molecule has 1 aliphatic heterocycles. The highest BCUT2D eigenvalue weighted by atomic mass is 19.1. The Bertz CT molecular complexity index is 878. The van der Waals surface area contributed by atoms with E-state index in [0.717, 1.165) is 0 Å². The third-order valence-corrected chi connectivity index (χ3v) is 4.16. The first-order valence-corrected chi connectivity index (χ1v) is 8.90. The molecule has 2 aromatic carbocycles. The number of barbiturate groups is 1. The van der Waals surface area contributed by atoms with E-state index in [1.165, 1.54) is 36.4 Å². The summed E-state index contributed by atoms with van der Waals surface area (Å²) in [5.74, 6) is -0.999. The van der Waals surface area contributed by atoms with Gasteiger partial charge in [-0.15, -0.1) is 0 Å². The Morgan fingerprint density at radius 3 is 1.93 bits per heavy atom. The van der Waals surface area contributed by atoms with Gasteiger partial charge < -0.3 is 14.2 Å². The van der Waals surface area contributed by atoms with Gasteiger partial charge in [-0.3, -0.25) is 20.2 Å². The number of rotatable bonds is 8. The summed E-state index contributed by atoms with van der Waals surface area (Å²) in [6.45, 7) is 2.25. The molecular formula is C20H19FN2O6. The SMILES string of the molecule is CCOCCC1(Oc2ccc(Oc3ccc(F)cc3)cc2)C(=O)NC(=O)NC1=O. The molecule has 0 saturated carbocycles. The normalized spacial score (nSPS) is 15.4. The minimum Gasteiger partial charge on any atom is -0.467 e. The van der Waals surface area contributed by atoms with Crippen LogP contribution in [0.3, 0.4) is 0 Å². The fourth-order valence-electron chi connectivity index (χ4n) is 2.69. The fraction of sp³-hybridized carbons (Fsp3) is 0.250. The van der Waals surface area contributed by atoms with Gasteiger partial charge in [-0.05, 0) is 55.5 Å². The molecule has 2 aromatic rings. The minimum atomic E-state index is -1.94. The number of urea groups is 1. The Morgan fingerprint density at radius 2 is 1.38 bits per heavy atom. The predicted octanol–water partition coefficient (Wildman–Crippen LogP) is 2.53. The molecule has 152 valence electrons. The zero-order chi connectivity index (χ0) is 20.9.